The van der Waals surface area contributed by atoms with Gasteiger partial charge in [0.05, 0.1) is 5.69 Å². The van der Waals surface area contributed by atoms with Crippen molar-refractivity contribution in [2.24, 2.45) is 0 Å². The van der Waals surface area contributed by atoms with Crippen LogP contribution >= 0.6 is 0 Å². The van der Waals surface area contributed by atoms with E-state index in [4.69, 9.17) is 0 Å². The molecular formula is C12H21N3. The summed E-state index contributed by atoms with van der Waals surface area (Å²) in [5, 5.41) is 7.89. The minimum Gasteiger partial charge on any atom is -0.308 e. The number of aromatic nitrogens is 2. The Kier molecular flexibility index (Phi) is 3.78. The predicted octanol–water partition coefficient (Wildman–Crippen LogP) is 2.33. The molecule has 2 rings (SSSR count). The molecule has 3 nitrogen and oxygen atoms in total. The van der Waals surface area contributed by atoms with Crippen LogP contribution in [0.25, 0.3) is 0 Å². The minimum absolute atomic E-state index is 0.781. The van der Waals surface area contributed by atoms with E-state index < -0.39 is 0 Å². The van der Waals surface area contributed by atoms with Crippen molar-refractivity contribution in [2.75, 3.05) is 0 Å². The molecule has 0 unspecified atom stereocenters. The molecule has 0 bridgehead atoms. The van der Waals surface area contributed by atoms with Gasteiger partial charge in [0.2, 0.25) is 0 Å². The maximum atomic E-state index is 4.36. The fourth-order valence-electron chi connectivity index (χ4n) is 1.76. The first-order chi connectivity index (χ1) is 7.40. The van der Waals surface area contributed by atoms with Crippen molar-refractivity contribution >= 4 is 0 Å². The minimum atomic E-state index is 0.781. The summed E-state index contributed by atoms with van der Waals surface area (Å²) in [4.78, 5) is 0. The quantitative estimate of drug-likeness (QED) is 0.695. The summed E-state index contributed by atoms with van der Waals surface area (Å²) in [6.45, 7) is 4.29. The second kappa shape index (κ2) is 5.31. The van der Waals surface area contributed by atoms with E-state index in [-0.39, 0.29) is 0 Å². The zero-order chi connectivity index (χ0) is 10.5. The van der Waals surface area contributed by atoms with Crippen molar-refractivity contribution in [3.05, 3.63) is 18.0 Å². The van der Waals surface area contributed by atoms with Crippen LogP contribution in [-0.4, -0.2) is 15.8 Å². The molecule has 1 aromatic heterocycles. The van der Waals surface area contributed by atoms with Gasteiger partial charge in [-0.05, 0) is 25.3 Å². The van der Waals surface area contributed by atoms with Crippen LogP contribution in [0.1, 0.15) is 44.7 Å². The van der Waals surface area contributed by atoms with E-state index in [1.54, 1.807) is 0 Å². The number of aryl methyl sites for hydroxylation is 1. The third kappa shape index (κ3) is 3.34. The van der Waals surface area contributed by atoms with Crippen molar-refractivity contribution < 1.29 is 0 Å². The molecule has 1 N–H and O–H groups in total. The Labute approximate surface area is 91.9 Å². The number of rotatable bonds is 7. The Balaban J connectivity index is 1.78. The number of hydrogen-bond donors (Lipinski definition) is 1. The van der Waals surface area contributed by atoms with E-state index in [0.29, 0.717) is 0 Å². The van der Waals surface area contributed by atoms with E-state index in [1.165, 1.54) is 37.8 Å². The SMILES string of the molecule is CCCCCn1nccc1CNC1CC1. The zero-order valence-corrected chi connectivity index (χ0v) is 9.58. The highest BCUT2D eigenvalue weighted by Gasteiger charge is 2.20. The molecule has 1 saturated carbocycles. The largest absolute Gasteiger partial charge is 0.308 e. The molecule has 1 aliphatic rings. The Morgan fingerprint density at radius 3 is 3.07 bits per heavy atom. The highest BCUT2D eigenvalue weighted by molar-refractivity contribution is 5.01. The molecule has 1 fully saturated rings. The third-order valence-electron chi connectivity index (χ3n) is 2.93. The fourth-order valence-corrected chi connectivity index (χ4v) is 1.76. The standard InChI is InChI=1S/C12H21N3/c1-2-3-4-9-15-12(7-8-14-15)10-13-11-5-6-11/h7-8,11,13H,2-6,9-10H2,1H3. The molecule has 1 heterocycles. The van der Waals surface area contributed by atoms with Crippen LogP contribution < -0.4 is 5.32 Å². The Morgan fingerprint density at radius 1 is 1.47 bits per heavy atom. The van der Waals surface area contributed by atoms with Crippen molar-refractivity contribution in [3.8, 4) is 0 Å². The first-order valence-electron chi connectivity index (χ1n) is 6.14. The van der Waals surface area contributed by atoms with Gasteiger partial charge in [-0.3, -0.25) is 4.68 Å². The van der Waals surface area contributed by atoms with E-state index in [1.807, 2.05) is 6.20 Å². The summed E-state index contributed by atoms with van der Waals surface area (Å²) < 4.78 is 2.14. The van der Waals surface area contributed by atoms with Gasteiger partial charge in [-0.15, -0.1) is 0 Å². The van der Waals surface area contributed by atoms with E-state index in [2.05, 4.69) is 28.1 Å². The summed E-state index contributed by atoms with van der Waals surface area (Å²) in [7, 11) is 0. The summed E-state index contributed by atoms with van der Waals surface area (Å²) >= 11 is 0. The number of nitrogens with zero attached hydrogens (tertiary/aromatic N) is 2. The number of nitrogens with one attached hydrogen (secondary N) is 1. The van der Waals surface area contributed by atoms with E-state index in [9.17, 15) is 0 Å². The average Bonchev–Trinajstić information content (AvgIpc) is 2.97. The Bertz CT molecular complexity index is 289. The maximum Gasteiger partial charge on any atom is 0.0522 e. The third-order valence-corrected chi connectivity index (χ3v) is 2.93. The molecule has 0 saturated heterocycles. The summed E-state index contributed by atoms with van der Waals surface area (Å²) in [6, 6.07) is 2.91. The van der Waals surface area contributed by atoms with Gasteiger partial charge in [0.15, 0.2) is 0 Å². The van der Waals surface area contributed by atoms with Gasteiger partial charge in [-0.1, -0.05) is 19.8 Å². The monoisotopic (exact) mass is 207 g/mol. The molecule has 0 amide bonds. The smallest absolute Gasteiger partial charge is 0.0522 e. The molecule has 1 aliphatic carbocycles. The Morgan fingerprint density at radius 2 is 2.33 bits per heavy atom. The second-order valence-electron chi connectivity index (χ2n) is 4.41. The molecule has 0 aliphatic heterocycles. The van der Waals surface area contributed by atoms with Crippen LogP contribution in [0.15, 0.2) is 12.3 Å². The lowest BCUT2D eigenvalue weighted by Gasteiger charge is -2.07. The highest BCUT2D eigenvalue weighted by Crippen LogP contribution is 2.19. The zero-order valence-electron chi connectivity index (χ0n) is 9.58. The van der Waals surface area contributed by atoms with Crippen molar-refractivity contribution in [1.82, 2.24) is 15.1 Å². The van der Waals surface area contributed by atoms with Gasteiger partial charge < -0.3 is 5.32 Å². The van der Waals surface area contributed by atoms with Gasteiger partial charge in [0.1, 0.15) is 0 Å². The first-order valence-corrected chi connectivity index (χ1v) is 6.14. The van der Waals surface area contributed by atoms with Gasteiger partial charge in [-0.2, -0.15) is 5.10 Å². The fraction of sp³-hybridized carbons (Fsp3) is 0.750. The predicted molar refractivity (Wildman–Crippen MR) is 61.6 cm³/mol. The first kappa shape index (κ1) is 10.7. The molecule has 0 aromatic carbocycles. The van der Waals surface area contributed by atoms with Crippen LogP contribution in [-0.2, 0) is 13.1 Å². The topological polar surface area (TPSA) is 29.9 Å². The van der Waals surface area contributed by atoms with Crippen LogP contribution in [0.4, 0.5) is 0 Å². The van der Waals surface area contributed by atoms with Gasteiger partial charge in [0.25, 0.3) is 0 Å². The highest BCUT2D eigenvalue weighted by atomic mass is 15.3. The normalized spacial score (nSPS) is 15.8. The maximum absolute atomic E-state index is 4.36. The molecule has 3 heteroatoms. The van der Waals surface area contributed by atoms with E-state index >= 15 is 0 Å². The van der Waals surface area contributed by atoms with Crippen molar-refractivity contribution in [3.63, 3.8) is 0 Å². The van der Waals surface area contributed by atoms with Crippen LogP contribution in [0.3, 0.4) is 0 Å². The molecule has 0 atom stereocenters. The molecule has 84 valence electrons. The van der Waals surface area contributed by atoms with Gasteiger partial charge in [-0.25, -0.2) is 0 Å². The molecule has 0 radical (unpaired) electrons. The van der Waals surface area contributed by atoms with Crippen LogP contribution in [0, 0.1) is 0 Å². The van der Waals surface area contributed by atoms with Crippen molar-refractivity contribution in [2.45, 2.75) is 58.2 Å². The average molecular weight is 207 g/mol. The molecular weight excluding hydrogens is 186 g/mol. The lowest BCUT2D eigenvalue weighted by molar-refractivity contribution is 0.518. The molecule has 1 aromatic rings. The summed E-state index contributed by atoms with van der Waals surface area (Å²) in [5.41, 5.74) is 1.33. The number of hydrogen-bond acceptors (Lipinski definition) is 2. The molecule has 15 heavy (non-hydrogen) atoms. The lowest BCUT2D eigenvalue weighted by atomic mass is 10.2. The van der Waals surface area contributed by atoms with Crippen LogP contribution in [0.5, 0.6) is 0 Å². The van der Waals surface area contributed by atoms with Crippen molar-refractivity contribution in [1.29, 1.82) is 0 Å². The van der Waals surface area contributed by atoms with Gasteiger partial charge >= 0.3 is 0 Å². The Hall–Kier alpha value is -0.830. The number of unbranched alkanes of at least 4 members (excludes halogenated alkanes) is 2. The van der Waals surface area contributed by atoms with Gasteiger partial charge in [0, 0.05) is 25.3 Å². The van der Waals surface area contributed by atoms with Crippen LogP contribution in [0.2, 0.25) is 0 Å². The second-order valence-corrected chi connectivity index (χ2v) is 4.41. The summed E-state index contributed by atoms with van der Waals surface area (Å²) in [5.74, 6) is 0. The molecule has 0 spiro atoms. The lowest BCUT2D eigenvalue weighted by Crippen LogP contribution is -2.18. The van der Waals surface area contributed by atoms with E-state index in [0.717, 1.165) is 19.1 Å². The summed E-state index contributed by atoms with van der Waals surface area (Å²) in [6.07, 6.45) is 8.44.